The summed E-state index contributed by atoms with van der Waals surface area (Å²) in [6.07, 6.45) is 3.09. The molecule has 2 heterocycles. The fourth-order valence-electron chi connectivity index (χ4n) is 6.08. The number of para-hydroxylation sites is 1. The van der Waals surface area contributed by atoms with Crippen LogP contribution in [0.25, 0.3) is 6.08 Å². The Morgan fingerprint density at radius 3 is 2.65 bits per heavy atom. The van der Waals surface area contributed by atoms with Gasteiger partial charge >= 0.3 is 7.12 Å². The van der Waals surface area contributed by atoms with E-state index >= 15 is 0 Å². The van der Waals surface area contributed by atoms with Gasteiger partial charge in [0.1, 0.15) is 5.75 Å². The Bertz CT molecular complexity index is 1280. The number of hydrogen-bond acceptors (Lipinski definition) is 6. The van der Waals surface area contributed by atoms with Crippen LogP contribution >= 0.6 is 15.9 Å². The number of nitrogens with zero attached hydrogens (tertiary/aromatic N) is 1. The van der Waals surface area contributed by atoms with E-state index in [-0.39, 0.29) is 36.4 Å². The van der Waals surface area contributed by atoms with Crippen LogP contribution in [0.4, 0.5) is 5.69 Å². The number of anilines is 1. The van der Waals surface area contributed by atoms with Crippen molar-refractivity contribution < 1.29 is 29.5 Å². The second kappa shape index (κ2) is 10.6. The van der Waals surface area contributed by atoms with Crippen LogP contribution in [0.3, 0.4) is 0 Å². The lowest BCUT2D eigenvalue weighted by molar-refractivity contribution is -0.122. The van der Waals surface area contributed by atoms with E-state index in [0.29, 0.717) is 30.5 Å². The van der Waals surface area contributed by atoms with Crippen LogP contribution in [-0.2, 0) is 14.2 Å². The predicted molar refractivity (Wildman–Crippen MR) is 144 cm³/mol. The first-order valence-corrected chi connectivity index (χ1v) is 13.3. The summed E-state index contributed by atoms with van der Waals surface area (Å²) in [4.78, 5) is 28.2. The first-order valence-electron chi connectivity index (χ1n) is 12.5. The van der Waals surface area contributed by atoms with Gasteiger partial charge in [0.2, 0.25) is 11.8 Å². The highest BCUT2D eigenvalue weighted by Crippen LogP contribution is 2.51. The van der Waals surface area contributed by atoms with Crippen molar-refractivity contribution in [3.05, 3.63) is 75.3 Å². The smallest absolute Gasteiger partial charge is 0.455 e. The van der Waals surface area contributed by atoms with Gasteiger partial charge in [-0.3, -0.25) is 14.5 Å². The Labute approximate surface area is 224 Å². The molecule has 37 heavy (non-hydrogen) atoms. The molecule has 192 valence electrons. The summed E-state index contributed by atoms with van der Waals surface area (Å²) in [6, 6.07) is 14.1. The van der Waals surface area contributed by atoms with Gasteiger partial charge in [-0.25, -0.2) is 0 Å². The monoisotopic (exact) mass is 565 g/mol. The van der Waals surface area contributed by atoms with Crippen molar-refractivity contribution in [2.75, 3.05) is 11.5 Å². The highest BCUT2D eigenvalue weighted by atomic mass is 79.9. The van der Waals surface area contributed by atoms with Crippen LogP contribution in [-0.4, -0.2) is 46.9 Å². The van der Waals surface area contributed by atoms with E-state index in [1.54, 1.807) is 36.4 Å². The van der Waals surface area contributed by atoms with Gasteiger partial charge in [-0.05, 0) is 79.9 Å². The van der Waals surface area contributed by atoms with Crippen molar-refractivity contribution in [1.82, 2.24) is 0 Å². The number of carbonyl (C=O) groups is 2. The molecule has 0 unspecified atom stereocenters. The molecule has 7 nitrogen and oxygen atoms in total. The predicted octanol–water partition coefficient (Wildman–Crippen LogP) is 4.33. The Morgan fingerprint density at radius 1 is 1.16 bits per heavy atom. The average Bonchev–Trinajstić information content (AvgIpc) is 3.14. The second-order valence-corrected chi connectivity index (χ2v) is 11.0. The summed E-state index contributed by atoms with van der Waals surface area (Å²) in [5, 5.41) is 31.1. The third-order valence-corrected chi connectivity index (χ3v) is 8.20. The lowest BCUT2D eigenvalue weighted by Gasteiger charge is -2.42. The van der Waals surface area contributed by atoms with Crippen LogP contribution < -0.4 is 4.90 Å². The molecular weight excluding hydrogens is 537 g/mol. The van der Waals surface area contributed by atoms with E-state index in [0.717, 1.165) is 21.2 Å². The molecule has 2 saturated heterocycles. The molecule has 4 atom stereocenters. The fraction of sp³-hybridized carbons (Fsp3) is 0.357. The first-order chi connectivity index (χ1) is 17.8. The number of rotatable bonds is 6. The molecule has 2 fully saturated rings. The quantitative estimate of drug-likeness (QED) is 0.273. The molecule has 0 aromatic heterocycles. The van der Waals surface area contributed by atoms with Gasteiger partial charge in [0.25, 0.3) is 0 Å². The first kappa shape index (κ1) is 25.9. The molecular formula is C28H29BBrNO6. The number of benzene rings is 2. The summed E-state index contributed by atoms with van der Waals surface area (Å²) in [6.45, 7) is 1.74. The molecule has 0 saturated carbocycles. The number of aliphatic hydroxyl groups is 1. The Hall–Kier alpha value is -2.72. The van der Waals surface area contributed by atoms with Gasteiger partial charge in [0, 0.05) is 10.0 Å². The molecule has 0 radical (unpaired) electrons. The van der Waals surface area contributed by atoms with E-state index in [9.17, 15) is 24.8 Å². The topological polar surface area (TPSA) is 107 Å². The van der Waals surface area contributed by atoms with Crippen LogP contribution in [0, 0.1) is 17.8 Å². The zero-order valence-corrected chi connectivity index (χ0v) is 22.1. The Kier molecular flexibility index (Phi) is 7.40. The largest absolute Gasteiger partial charge is 0.507 e. The number of allylic oxidation sites excluding steroid dienone is 1. The minimum atomic E-state index is -1.07. The number of carbonyl (C=O) groups excluding carboxylic acids is 2. The average molecular weight is 566 g/mol. The fourth-order valence-corrected chi connectivity index (χ4v) is 6.46. The zero-order valence-electron chi connectivity index (χ0n) is 20.5. The molecule has 5 rings (SSSR count). The molecule has 2 aromatic carbocycles. The van der Waals surface area contributed by atoms with Gasteiger partial charge in [0.05, 0.1) is 30.2 Å². The van der Waals surface area contributed by atoms with E-state index in [1.807, 2.05) is 25.1 Å². The molecule has 9 heteroatoms. The zero-order chi connectivity index (χ0) is 26.3. The Morgan fingerprint density at radius 2 is 1.92 bits per heavy atom. The van der Waals surface area contributed by atoms with Crippen LogP contribution in [0.5, 0.6) is 5.75 Å². The summed E-state index contributed by atoms with van der Waals surface area (Å²) in [5.41, 5.74) is 3.82. The third-order valence-electron chi connectivity index (χ3n) is 7.71. The Balaban J connectivity index is 1.41. The molecule has 3 N–H and O–H groups in total. The summed E-state index contributed by atoms with van der Waals surface area (Å²) >= 11 is 3.42. The van der Waals surface area contributed by atoms with Gasteiger partial charge in [-0.1, -0.05) is 45.8 Å². The minimum Gasteiger partial charge on any atom is -0.507 e. The molecule has 2 aromatic rings. The van der Waals surface area contributed by atoms with Crippen LogP contribution in [0.15, 0.2) is 69.7 Å². The number of halogens is 1. The minimum absolute atomic E-state index is 0.183. The second-order valence-electron chi connectivity index (χ2n) is 10.1. The molecule has 0 bridgehead atoms. The molecule has 2 aliphatic heterocycles. The normalized spacial score (nSPS) is 26.0. The van der Waals surface area contributed by atoms with Crippen molar-refractivity contribution in [2.45, 2.75) is 38.6 Å². The number of fused-ring (bicyclic) bond motifs is 3. The SMILES string of the molecule is C/C(=C\c1cc(Br)ccc1O)CC[C@H]1OB(O)C[C@H]2C1=C(CO)C[C@H]1C(=O)N(c3ccccc3)C(=O)[C@H]12. The lowest BCUT2D eigenvalue weighted by Crippen LogP contribution is -2.46. The van der Waals surface area contributed by atoms with E-state index in [2.05, 4.69) is 15.9 Å². The molecule has 3 aliphatic rings. The summed E-state index contributed by atoms with van der Waals surface area (Å²) in [7, 11) is -1.07. The number of phenolic OH excluding ortho intramolecular Hbond substituents is 1. The van der Waals surface area contributed by atoms with Gasteiger partial charge in [0.15, 0.2) is 0 Å². The maximum absolute atomic E-state index is 13.6. The van der Waals surface area contributed by atoms with Crippen LogP contribution in [0.1, 0.15) is 31.7 Å². The number of hydrogen-bond donors (Lipinski definition) is 3. The number of imide groups is 1. The van der Waals surface area contributed by atoms with Gasteiger partial charge in [-0.2, -0.15) is 0 Å². The maximum atomic E-state index is 13.6. The van der Waals surface area contributed by atoms with Crippen molar-refractivity contribution in [3.63, 3.8) is 0 Å². The molecule has 0 spiro atoms. The highest BCUT2D eigenvalue weighted by Gasteiger charge is 2.57. The standard InChI is InChI=1S/C28H29BBrNO6/c1-16(11-17-12-19(30)8-9-23(17)33)7-10-24-25-18(15-32)13-21-26(22(25)14-29(36)37-24)28(35)31(27(21)34)20-5-3-2-4-6-20/h2-6,8-9,11-12,21-22,24,26,32-33,36H,7,10,13-15H2,1H3/b16-11+/t21-,22+,24-,26-/m1/s1. The van der Waals surface area contributed by atoms with E-state index in [1.165, 1.54) is 4.90 Å². The maximum Gasteiger partial charge on any atom is 0.455 e. The molecule has 2 amide bonds. The lowest BCUT2D eigenvalue weighted by atomic mass is 9.58. The van der Waals surface area contributed by atoms with E-state index < -0.39 is 25.1 Å². The van der Waals surface area contributed by atoms with E-state index in [4.69, 9.17) is 4.65 Å². The molecule has 1 aliphatic carbocycles. The van der Waals surface area contributed by atoms with Gasteiger partial charge < -0.3 is 19.9 Å². The van der Waals surface area contributed by atoms with Crippen molar-refractivity contribution >= 4 is 46.6 Å². The number of amides is 2. The summed E-state index contributed by atoms with van der Waals surface area (Å²) in [5.74, 6) is -1.85. The third kappa shape index (κ3) is 4.93. The number of phenols is 1. The highest BCUT2D eigenvalue weighted by molar-refractivity contribution is 9.10. The number of aromatic hydroxyl groups is 1. The number of aliphatic hydroxyl groups excluding tert-OH is 1. The van der Waals surface area contributed by atoms with Crippen LogP contribution in [0.2, 0.25) is 6.32 Å². The van der Waals surface area contributed by atoms with Gasteiger partial charge in [-0.15, -0.1) is 0 Å². The summed E-state index contributed by atoms with van der Waals surface area (Å²) < 4.78 is 6.81. The van der Waals surface area contributed by atoms with Crippen molar-refractivity contribution in [1.29, 1.82) is 0 Å². The van der Waals surface area contributed by atoms with Crippen molar-refractivity contribution in [3.8, 4) is 5.75 Å². The van der Waals surface area contributed by atoms with Crippen molar-refractivity contribution in [2.24, 2.45) is 17.8 Å².